The van der Waals surface area contributed by atoms with E-state index >= 15 is 0 Å². The molecule has 5 heteroatoms. The van der Waals surface area contributed by atoms with Gasteiger partial charge in [0.2, 0.25) is 5.91 Å². The van der Waals surface area contributed by atoms with Crippen molar-refractivity contribution < 1.29 is 4.79 Å². The Morgan fingerprint density at radius 2 is 2.10 bits per heavy atom. The van der Waals surface area contributed by atoms with Crippen molar-refractivity contribution in [1.82, 2.24) is 4.57 Å². The maximum atomic E-state index is 12.0. The molecule has 0 aliphatic rings. The topological polar surface area (TPSA) is 51.1 Å². The van der Waals surface area contributed by atoms with Crippen molar-refractivity contribution in [2.45, 2.75) is 18.4 Å². The maximum absolute atomic E-state index is 12.0. The summed E-state index contributed by atoms with van der Waals surface area (Å²) >= 11 is 1.61. The zero-order chi connectivity index (χ0) is 14.5. The zero-order valence-corrected chi connectivity index (χ0v) is 12.2. The van der Waals surface area contributed by atoms with Crippen molar-refractivity contribution in [3.05, 3.63) is 58.5 Å². The van der Waals surface area contributed by atoms with Gasteiger partial charge in [-0.2, -0.15) is 0 Å². The Hall–Kier alpha value is -2.01. The second-order valence-corrected chi connectivity index (χ2v) is 5.28. The number of pyridine rings is 1. The van der Waals surface area contributed by atoms with Crippen LogP contribution >= 0.6 is 11.8 Å². The predicted octanol–water partition coefficient (Wildman–Crippen LogP) is 2.52. The summed E-state index contributed by atoms with van der Waals surface area (Å²) in [6.45, 7) is 1.75. The minimum Gasteiger partial charge on any atom is -0.324 e. The third-order valence-corrected chi connectivity index (χ3v) is 3.60. The monoisotopic (exact) mass is 288 g/mol. The molecule has 0 fully saturated rings. The van der Waals surface area contributed by atoms with E-state index in [-0.39, 0.29) is 18.0 Å². The second kappa shape index (κ2) is 6.43. The average molecular weight is 288 g/mol. The molecule has 0 saturated heterocycles. The highest BCUT2D eigenvalue weighted by molar-refractivity contribution is 7.98. The molecule has 1 N–H and O–H groups in total. The molecule has 2 aromatic rings. The summed E-state index contributed by atoms with van der Waals surface area (Å²) in [7, 11) is 0. The summed E-state index contributed by atoms with van der Waals surface area (Å²) in [6, 6.07) is 11.1. The van der Waals surface area contributed by atoms with Crippen LogP contribution in [0.5, 0.6) is 0 Å². The van der Waals surface area contributed by atoms with Crippen molar-refractivity contribution in [1.29, 1.82) is 0 Å². The van der Waals surface area contributed by atoms with Gasteiger partial charge in [0.1, 0.15) is 6.54 Å². The van der Waals surface area contributed by atoms with Gasteiger partial charge in [0.05, 0.1) is 0 Å². The van der Waals surface area contributed by atoms with E-state index in [2.05, 4.69) is 5.32 Å². The molecular formula is C15H16N2O2S. The number of nitrogens with zero attached hydrogens (tertiary/aromatic N) is 1. The first-order valence-electron chi connectivity index (χ1n) is 6.20. The highest BCUT2D eigenvalue weighted by Crippen LogP contribution is 2.18. The van der Waals surface area contributed by atoms with Gasteiger partial charge in [-0.3, -0.25) is 9.59 Å². The van der Waals surface area contributed by atoms with Crippen molar-refractivity contribution >= 4 is 23.4 Å². The molecular weight excluding hydrogens is 272 g/mol. The van der Waals surface area contributed by atoms with Crippen LogP contribution < -0.4 is 10.9 Å². The average Bonchev–Trinajstić information content (AvgIpc) is 2.44. The van der Waals surface area contributed by atoms with Crippen LogP contribution in [-0.2, 0) is 11.3 Å². The molecule has 1 heterocycles. The summed E-state index contributed by atoms with van der Waals surface area (Å²) in [5, 5.41) is 2.80. The third-order valence-electron chi connectivity index (χ3n) is 2.88. The number of carbonyl (C=O) groups is 1. The van der Waals surface area contributed by atoms with Crippen LogP contribution in [0.1, 0.15) is 5.56 Å². The number of benzene rings is 1. The van der Waals surface area contributed by atoms with Crippen LogP contribution in [0.3, 0.4) is 0 Å². The van der Waals surface area contributed by atoms with Crippen LogP contribution in [-0.4, -0.2) is 16.7 Å². The SMILES string of the molecule is CSc1cccc(NC(=O)Cn2cccc(C)c2=O)c1. The van der Waals surface area contributed by atoms with Crippen LogP contribution in [0, 0.1) is 6.92 Å². The van der Waals surface area contributed by atoms with E-state index in [1.165, 1.54) is 4.57 Å². The number of aryl methyl sites for hydroxylation is 1. The first-order chi connectivity index (χ1) is 9.60. The van der Waals surface area contributed by atoms with E-state index in [0.717, 1.165) is 10.6 Å². The normalized spacial score (nSPS) is 10.3. The van der Waals surface area contributed by atoms with E-state index < -0.39 is 0 Å². The molecule has 0 atom stereocenters. The highest BCUT2D eigenvalue weighted by Gasteiger charge is 2.06. The summed E-state index contributed by atoms with van der Waals surface area (Å²) < 4.78 is 1.41. The molecule has 0 bridgehead atoms. The maximum Gasteiger partial charge on any atom is 0.253 e. The van der Waals surface area contributed by atoms with Crippen LogP contribution in [0.4, 0.5) is 5.69 Å². The first-order valence-corrected chi connectivity index (χ1v) is 7.42. The summed E-state index contributed by atoms with van der Waals surface area (Å²) in [5.74, 6) is -0.212. The molecule has 0 spiro atoms. The number of carbonyl (C=O) groups excluding carboxylic acids is 1. The quantitative estimate of drug-likeness (QED) is 0.880. The fraction of sp³-hybridized carbons (Fsp3) is 0.200. The Morgan fingerprint density at radius 3 is 2.85 bits per heavy atom. The Morgan fingerprint density at radius 1 is 1.30 bits per heavy atom. The molecule has 20 heavy (non-hydrogen) atoms. The van der Waals surface area contributed by atoms with E-state index in [4.69, 9.17) is 0 Å². The lowest BCUT2D eigenvalue weighted by molar-refractivity contribution is -0.116. The lowest BCUT2D eigenvalue weighted by Crippen LogP contribution is -2.28. The number of rotatable bonds is 4. The van der Waals surface area contributed by atoms with Gasteiger partial charge >= 0.3 is 0 Å². The molecule has 104 valence electrons. The highest BCUT2D eigenvalue weighted by atomic mass is 32.2. The standard InChI is InChI=1S/C15H16N2O2S/c1-11-5-4-8-17(15(11)19)10-14(18)16-12-6-3-7-13(9-12)20-2/h3-9H,10H2,1-2H3,(H,16,18). The zero-order valence-electron chi connectivity index (χ0n) is 11.4. The summed E-state index contributed by atoms with van der Waals surface area (Å²) in [5.41, 5.74) is 1.23. The van der Waals surface area contributed by atoms with Gasteiger partial charge in [0, 0.05) is 22.3 Å². The lowest BCUT2D eigenvalue weighted by Gasteiger charge is -2.08. The van der Waals surface area contributed by atoms with Gasteiger partial charge in [0.15, 0.2) is 0 Å². The van der Waals surface area contributed by atoms with Crippen LogP contribution in [0.2, 0.25) is 0 Å². The van der Waals surface area contributed by atoms with Gasteiger partial charge in [-0.15, -0.1) is 11.8 Å². The number of nitrogens with one attached hydrogen (secondary N) is 1. The molecule has 0 aliphatic heterocycles. The smallest absolute Gasteiger partial charge is 0.253 e. The number of anilines is 1. The molecule has 2 rings (SSSR count). The van der Waals surface area contributed by atoms with Crippen molar-refractivity contribution in [3.8, 4) is 0 Å². The van der Waals surface area contributed by atoms with Crippen molar-refractivity contribution in [2.24, 2.45) is 0 Å². The van der Waals surface area contributed by atoms with Gasteiger partial charge in [-0.05, 0) is 37.4 Å². The van der Waals surface area contributed by atoms with Crippen molar-refractivity contribution in [2.75, 3.05) is 11.6 Å². The predicted molar refractivity (Wildman–Crippen MR) is 82.3 cm³/mol. The van der Waals surface area contributed by atoms with E-state index in [0.29, 0.717) is 5.56 Å². The summed E-state index contributed by atoms with van der Waals surface area (Å²) in [4.78, 5) is 24.9. The van der Waals surface area contributed by atoms with Crippen molar-refractivity contribution in [3.63, 3.8) is 0 Å². The van der Waals surface area contributed by atoms with Crippen LogP contribution in [0.25, 0.3) is 0 Å². The van der Waals surface area contributed by atoms with Gasteiger partial charge < -0.3 is 9.88 Å². The Bertz CT molecular complexity index is 680. The minimum atomic E-state index is -0.212. The summed E-state index contributed by atoms with van der Waals surface area (Å²) in [6.07, 6.45) is 3.60. The first kappa shape index (κ1) is 14.4. The molecule has 0 unspecified atom stereocenters. The molecule has 0 saturated carbocycles. The number of hydrogen-bond donors (Lipinski definition) is 1. The van der Waals surface area contributed by atoms with E-state index in [9.17, 15) is 9.59 Å². The van der Waals surface area contributed by atoms with Gasteiger partial charge in [0.25, 0.3) is 5.56 Å². The van der Waals surface area contributed by atoms with Gasteiger partial charge in [-0.25, -0.2) is 0 Å². The molecule has 0 aliphatic carbocycles. The largest absolute Gasteiger partial charge is 0.324 e. The molecule has 1 aromatic carbocycles. The number of hydrogen-bond acceptors (Lipinski definition) is 3. The van der Waals surface area contributed by atoms with Gasteiger partial charge in [-0.1, -0.05) is 12.1 Å². The Kier molecular flexibility index (Phi) is 4.63. The number of thioether (sulfide) groups is 1. The fourth-order valence-corrected chi connectivity index (χ4v) is 2.30. The number of amides is 1. The molecule has 4 nitrogen and oxygen atoms in total. The number of aromatic nitrogens is 1. The molecule has 1 aromatic heterocycles. The van der Waals surface area contributed by atoms with E-state index in [1.807, 2.05) is 30.5 Å². The van der Waals surface area contributed by atoms with E-state index in [1.54, 1.807) is 37.0 Å². The molecule has 0 radical (unpaired) electrons. The fourth-order valence-electron chi connectivity index (χ4n) is 1.84. The third kappa shape index (κ3) is 3.51. The molecule has 1 amide bonds. The second-order valence-electron chi connectivity index (χ2n) is 4.40. The minimum absolute atomic E-state index is 0.0179. The Labute approximate surface area is 121 Å². The Balaban J connectivity index is 2.09. The van der Waals surface area contributed by atoms with Crippen LogP contribution in [0.15, 0.2) is 52.3 Å². The lowest BCUT2D eigenvalue weighted by atomic mass is 10.3.